The minimum absolute atomic E-state index is 0.00721. The van der Waals surface area contributed by atoms with E-state index in [4.69, 9.17) is 11.6 Å². The number of hydrogen-bond donors (Lipinski definition) is 1. The van der Waals surface area contributed by atoms with Crippen molar-refractivity contribution in [2.45, 2.75) is 38.6 Å². The molecule has 0 aromatic heterocycles. The standard InChI is InChI=1S/C20H24ClFN2O3S/c1-13-10-14(2)20(15(3)11-13)28(26,27)23-9-8-19(25)24(4)12-16-17(21)6-5-7-18(16)22/h5-7,10-11,23H,8-9,12H2,1-4H3. The van der Waals surface area contributed by atoms with Gasteiger partial charge in [-0.15, -0.1) is 0 Å². The molecule has 2 rings (SSSR count). The summed E-state index contributed by atoms with van der Waals surface area (Å²) in [6.45, 7) is 5.34. The Hall–Kier alpha value is -1.96. The van der Waals surface area contributed by atoms with Crippen molar-refractivity contribution in [2.24, 2.45) is 0 Å². The first-order chi connectivity index (χ1) is 13.0. The Kier molecular flexibility index (Phi) is 7.20. The van der Waals surface area contributed by atoms with Crippen LogP contribution in [-0.2, 0) is 21.4 Å². The number of rotatable bonds is 7. The van der Waals surface area contributed by atoms with Crippen molar-refractivity contribution in [1.29, 1.82) is 0 Å². The smallest absolute Gasteiger partial charge is 0.241 e. The number of nitrogens with zero attached hydrogens (tertiary/aromatic N) is 1. The molecule has 0 saturated carbocycles. The van der Waals surface area contributed by atoms with Gasteiger partial charge in [0.25, 0.3) is 0 Å². The Morgan fingerprint density at radius 2 is 1.79 bits per heavy atom. The van der Waals surface area contributed by atoms with Crippen LogP contribution in [0.2, 0.25) is 5.02 Å². The maximum Gasteiger partial charge on any atom is 0.241 e. The molecular weight excluding hydrogens is 403 g/mol. The first-order valence-corrected chi connectivity index (χ1v) is 10.6. The number of benzene rings is 2. The first kappa shape index (κ1) is 22.3. The fraction of sp³-hybridized carbons (Fsp3) is 0.350. The van der Waals surface area contributed by atoms with E-state index in [0.29, 0.717) is 11.1 Å². The number of carbonyl (C=O) groups excluding carboxylic acids is 1. The van der Waals surface area contributed by atoms with E-state index in [-0.39, 0.29) is 40.9 Å². The maximum atomic E-state index is 13.9. The van der Waals surface area contributed by atoms with Gasteiger partial charge in [0.2, 0.25) is 15.9 Å². The van der Waals surface area contributed by atoms with E-state index in [9.17, 15) is 17.6 Å². The molecule has 5 nitrogen and oxygen atoms in total. The van der Waals surface area contributed by atoms with E-state index >= 15 is 0 Å². The third kappa shape index (κ3) is 5.31. The van der Waals surface area contributed by atoms with Gasteiger partial charge in [-0.3, -0.25) is 4.79 Å². The molecule has 2 aromatic carbocycles. The van der Waals surface area contributed by atoms with E-state index in [2.05, 4.69) is 4.72 Å². The molecule has 0 fully saturated rings. The predicted octanol–water partition coefficient (Wildman–Crippen LogP) is 3.73. The van der Waals surface area contributed by atoms with Crippen LogP contribution in [-0.4, -0.2) is 32.8 Å². The molecule has 0 saturated heterocycles. The van der Waals surface area contributed by atoms with Gasteiger partial charge in [-0.25, -0.2) is 17.5 Å². The summed E-state index contributed by atoms with van der Waals surface area (Å²) in [5, 5.41) is 0.241. The lowest BCUT2D eigenvalue weighted by atomic mass is 10.1. The van der Waals surface area contributed by atoms with E-state index in [0.717, 1.165) is 5.56 Å². The van der Waals surface area contributed by atoms with Crippen LogP contribution in [0.5, 0.6) is 0 Å². The normalized spacial score (nSPS) is 11.5. The lowest BCUT2D eigenvalue weighted by Gasteiger charge is -2.19. The zero-order valence-corrected chi connectivity index (χ0v) is 17.9. The van der Waals surface area contributed by atoms with Crippen molar-refractivity contribution in [3.63, 3.8) is 0 Å². The number of aryl methyl sites for hydroxylation is 3. The minimum atomic E-state index is -3.73. The van der Waals surface area contributed by atoms with Crippen LogP contribution in [0.25, 0.3) is 0 Å². The van der Waals surface area contributed by atoms with Crippen LogP contribution in [0, 0.1) is 26.6 Å². The molecule has 1 amide bonds. The average molecular weight is 427 g/mol. The molecule has 0 bridgehead atoms. The van der Waals surface area contributed by atoms with Gasteiger partial charge in [-0.2, -0.15) is 0 Å². The summed E-state index contributed by atoms with van der Waals surface area (Å²) in [4.78, 5) is 13.9. The third-order valence-corrected chi connectivity index (χ3v) is 6.51. The van der Waals surface area contributed by atoms with Crippen molar-refractivity contribution in [1.82, 2.24) is 9.62 Å². The lowest BCUT2D eigenvalue weighted by Crippen LogP contribution is -2.32. The van der Waals surface area contributed by atoms with Crippen molar-refractivity contribution in [2.75, 3.05) is 13.6 Å². The molecule has 0 atom stereocenters. The summed E-state index contributed by atoms with van der Waals surface area (Å²) in [7, 11) is -2.21. The van der Waals surface area contributed by atoms with Gasteiger partial charge in [0.15, 0.2) is 0 Å². The summed E-state index contributed by atoms with van der Waals surface area (Å²) in [6, 6.07) is 7.93. The minimum Gasteiger partial charge on any atom is -0.341 e. The van der Waals surface area contributed by atoms with Crippen LogP contribution in [0.3, 0.4) is 0 Å². The molecule has 0 heterocycles. The topological polar surface area (TPSA) is 66.5 Å². The number of halogens is 2. The second kappa shape index (κ2) is 9.03. The monoisotopic (exact) mass is 426 g/mol. The van der Waals surface area contributed by atoms with Gasteiger partial charge in [-0.05, 0) is 44.0 Å². The molecule has 0 aliphatic heterocycles. The van der Waals surface area contributed by atoms with Gasteiger partial charge < -0.3 is 4.90 Å². The van der Waals surface area contributed by atoms with E-state index in [1.165, 1.54) is 24.1 Å². The zero-order valence-electron chi connectivity index (χ0n) is 16.3. The number of nitrogens with one attached hydrogen (secondary N) is 1. The SMILES string of the molecule is Cc1cc(C)c(S(=O)(=O)NCCC(=O)N(C)Cc2c(F)cccc2Cl)c(C)c1. The highest BCUT2D eigenvalue weighted by atomic mass is 35.5. The van der Waals surface area contributed by atoms with Crippen molar-refractivity contribution >= 4 is 27.5 Å². The Morgan fingerprint density at radius 3 is 2.36 bits per heavy atom. The van der Waals surface area contributed by atoms with Gasteiger partial charge in [0.05, 0.1) is 4.90 Å². The third-order valence-electron chi connectivity index (χ3n) is 4.39. The molecule has 0 radical (unpaired) electrons. The van der Waals surface area contributed by atoms with Crippen molar-refractivity contribution < 1.29 is 17.6 Å². The van der Waals surface area contributed by atoms with Crippen LogP contribution in [0.15, 0.2) is 35.2 Å². The quantitative estimate of drug-likeness (QED) is 0.733. The predicted molar refractivity (Wildman–Crippen MR) is 108 cm³/mol. The highest BCUT2D eigenvalue weighted by molar-refractivity contribution is 7.89. The van der Waals surface area contributed by atoms with Crippen LogP contribution in [0.1, 0.15) is 28.7 Å². The van der Waals surface area contributed by atoms with Gasteiger partial charge in [-0.1, -0.05) is 35.4 Å². The summed E-state index contributed by atoms with van der Waals surface area (Å²) < 4.78 is 41.6. The Balaban J connectivity index is 2.00. The van der Waals surface area contributed by atoms with Crippen molar-refractivity contribution in [3.05, 3.63) is 63.4 Å². The second-order valence-corrected chi connectivity index (χ2v) is 8.94. The molecule has 0 spiro atoms. The largest absolute Gasteiger partial charge is 0.341 e. The highest BCUT2D eigenvalue weighted by Crippen LogP contribution is 2.22. The van der Waals surface area contributed by atoms with Gasteiger partial charge >= 0.3 is 0 Å². The first-order valence-electron chi connectivity index (χ1n) is 8.77. The highest BCUT2D eigenvalue weighted by Gasteiger charge is 2.20. The molecule has 0 unspecified atom stereocenters. The van der Waals surface area contributed by atoms with E-state index < -0.39 is 15.8 Å². The van der Waals surface area contributed by atoms with E-state index in [1.54, 1.807) is 32.0 Å². The Morgan fingerprint density at radius 1 is 1.18 bits per heavy atom. The molecule has 28 heavy (non-hydrogen) atoms. The number of sulfonamides is 1. The number of hydrogen-bond acceptors (Lipinski definition) is 3. The summed E-state index contributed by atoms with van der Waals surface area (Å²) in [5.74, 6) is -0.808. The molecule has 0 aliphatic carbocycles. The summed E-state index contributed by atoms with van der Waals surface area (Å²) >= 11 is 5.98. The molecule has 0 aliphatic rings. The fourth-order valence-corrected chi connectivity index (χ4v) is 4.86. The maximum absolute atomic E-state index is 13.9. The lowest BCUT2D eigenvalue weighted by molar-refractivity contribution is -0.130. The van der Waals surface area contributed by atoms with Gasteiger partial charge in [0, 0.05) is 37.1 Å². The second-order valence-electron chi connectivity index (χ2n) is 6.83. The number of carbonyl (C=O) groups is 1. The Labute approximate surface area is 170 Å². The summed E-state index contributed by atoms with van der Waals surface area (Å²) in [6.07, 6.45) is -0.0498. The molecule has 8 heteroatoms. The number of amides is 1. The van der Waals surface area contributed by atoms with E-state index in [1.807, 2.05) is 6.92 Å². The van der Waals surface area contributed by atoms with Crippen molar-refractivity contribution in [3.8, 4) is 0 Å². The van der Waals surface area contributed by atoms with Crippen LogP contribution >= 0.6 is 11.6 Å². The molecule has 2 aromatic rings. The zero-order chi connectivity index (χ0) is 21.1. The van der Waals surface area contributed by atoms with Crippen LogP contribution in [0.4, 0.5) is 4.39 Å². The Bertz CT molecular complexity index is 950. The van der Waals surface area contributed by atoms with Crippen LogP contribution < -0.4 is 4.72 Å². The average Bonchev–Trinajstić information content (AvgIpc) is 2.56. The van der Waals surface area contributed by atoms with Gasteiger partial charge in [0.1, 0.15) is 5.82 Å². The fourth-order valence-electron chi connectivity index (χ4n) is 3.15. The molecular formula is C20H24ClFN2O3S. The molecule has 1 N–H and O–H groups in total. The molecule has 152 valence electrons. The summed E-state index contributed by atoms with van der Waals surface area (Å²) in [5.41, 5.74) is 2.52.